The Bertz CT molecular complexity index is 380. The number of benzene rings is 1. The van der Waals surface area contributed by atoms with Gasteiger partial charge in [-0.05, 0) is 24.0 Å². The van der Waals surface area contributed by atoms with Gasteiger partial charge in [0.2, 0.25) is 0 Å². The summed E-state index contributed by atoms with van der Waals surface area (Å²) in [5, 5.41) is 0. The third-order valence-corrected chi connectivity index (χ3v) is 5.93. The van der Waals surface area contributed by atoms with Crippen LogP contribution in [0.2, 0.25) is 6.04 Å². The summed E-state index contributed by atoms with van der Waals surface area (Å²) in [6.45, 7) is 6.48. The summed E-state index contributed by atoms with van der Waals surface area (Å²) in [6, 6.07) is 9.20. The molecule has 0 unspecified atom stereocenters. The normalized spacial score (nSPS) is 11.5. The van der Waals surface area contributed by atoms with E-state index in [1.165, 1.54) is 5.56 Å². The van der Waals surface area contributed by atoms with Crippen LogP contribution in [0, 0.1) is 0 Å². The Hall–Kier alpha value is -0.943. The van der Waals surface area contributed by atoms with Gasteiger partial charge in [-0.2, -0.15) is 0 Å². The van der Waals surface area contributed by atoms with Crippen LogP contribution in [0.1, 0.15) is 24.5 Å². The van der Waals surface area contributed by atoms with Crippen LogP contribution in [-0.4, -0.2) is 29.6 Å². The first-order valence-electron chi connectivity index (χ1n) is 6.65. The predicted molar refractivity (Wildman–Crippen MR) is 81.1 cm³/mol. The van der Waals surface area contributed by atoms with E-state index in [1.54, 1.807) is 14.2 Å². The molecule has 0 spiro atoms. The smallest absolute Gasteiger partial charge is 0.377 e. The first-order chi connectivity index (χ1) is 9.19. The van der Waals surface area contributed by atoms with Crippen LogP contribution in [0.3, 0.4) is 0 Å². The highest BCUT2D eigenvalue weighted by Crippen LogP contribution is 2.14. The van der Waals surface area contributed by atoms with Crippen molar-refractivity contribution in [3.05, 3.63) is 42.0 Å². The molecule has 3 nitrogen and oxygen atoms in total. The molecular weight excluding hydrogens is 256 g/mol. The largest absolute Gasteiger partial charge is 0.500 e. The second-order valence-electron chi connectivity index (χ2n) is 4.35. The summed E-state index contributed by atoms with van der Waals surface area (Å²) < 4.78 is 16.6. The summed E-state index contributed by atoms with van der Waals surface area (Å²) in [6.07, 6.45) is 3.82. The summed E-state index contributed by atoms with van der Waals surface area (Å²) in [4.78, 5) is 0. The molecule has 0 amide bonds. The van der Waals surface area contributed by atoms with Gasteiger partial charge < -0.3 is 13.3 Å². The van der Waals surface area contributed by atoms with Crippen molar-refractivity contribution >= 4 is 14.9 Å². The number of aryl methyl sites for hydroxylation is 1. The maximum atomic E-state index is 5.83. The Morgan fingerprint density at radius 1 is 1.26 bits per heavy atom. The van der Waals surface area contributed by atoms with Crippen molar-refractivity contribution in [2.75, 3.05) is 20.8 Å². The topological polar surface area (TPSA) is 27.7 Å². The average molecular weight is 280 g/mol. The third kappa shape index (κ3) is 4.91. The second kappa shape index (κ2) is 8.27. The number of rotatable bonds is 9. The quantitative estimate of drug-likeness (QED) is 0.511. The molecule has 0 bridgehead atoms. The summed E-state index contributed by atoms with van der Waals surface area (Å²) in [5.74, 6) is 0. The lowest BCUT2D eigenvalue weighted by atomic mass is 10.1. The molecule has 1 rings (SSSR count). The minimum Gasteiger partial charge on any atom is -0.377 e. The highest BCUT2D eigenvalue weighted by atomic mass is 28.4. The van der Waals surface area contributed by atoms with Gasteiger partial charge in [-0.3, -0.25) is 0 Å². The summed E-state index contributed by atoms with van der Waals surface area (Å²) >= 11 is 0. The highest BCUT2D eigenvalue weighted by Gasteiger charge is 2.36. The monoisotopic (exact) mass is 280 g/mol. The van der Waals surface area contributed by atoms with E-state index in [2.05, 4.69) is 30.8 Å². The predicted octanol–water partition coefficient (Wildman–Crippen LogP) is 3.53. The van der Waals surface area contributed by atoms with Crippen LogP contribution in [0.15, 0.2) is 30.8 Å². The molecule has 0 aliphatic rings. The molecule has 1 aromatic carbocycles. The lowest BCUT2D eigenvalue weighted by Gasteiger charge is -2.24. The lowest BCUT2D eigenvalue weighted by Crippen LogP contribution is -2.43. The minimum atomic E-state index is -2.39. The molecule has 0 atom stereocenters. The average Bonchev–Trinajstić information content (AvgIpc) is 2.48. The fourth-order valence-corrected chi connectivity index (χ4v) is 3.61. The Morgan fingerprint density at radius 2 is 2.00 bits per heavy atom. The zero-order valence-electron chi connectivity index (χ0n) is 12.1. The molecule has 106 valence electrons. The lowest BCUT2D eigenvalue weighted by molar-refractivity contribution is 0.0985. The SMILES string of the molecule is C=Cc1cccc(CCCO[Si](CC)(OC)OC)c1. The highest BCUT2D eigenvalue weighted by molar-refractivity contribution is 6.60. The molecule has 19 heavy (non-hydrogen) atoms. The molecular formula is C15H24O3Si. The van der Waals surface area contributed by atoms with Gasteiger partial charge in [0.15, 0.2) is 0 Å². The number of hydrogen-bond acceptors (Lipinski definition) is 3. The second-order valence-corrected chi connectivity index (χ2v) is 7.52. The van der Waals surface area contributed by atoms with Gasteiger partial charge in [0.1, 0.15) is 0 Å². The van der Waals surface area contributed by atoms with E-state index in [4.69, 9.17) is 13.3 Å². The van der Waals surface area contributed by atoms with Crippen molar-refractivity contribution in [3.8, 4) is 0 Å². The van der Waals surface area contributed by atoms with Crippen molar-refractivity contribution in [2.45, 2.75) is 25.8 Å². The Labute approximate surface area is 117 Å². The zero-order valence-corrected chi connectivity index (χ0v) is 13.1. The first kappa shape index (κ1) is 16.1. The summed E-state index contributed by atoms with van der Waals surface area (Å²) in [7, 11) is 0.929. The molecule has 0 saturated carbocycles. The molecule has 0 radical (unpaired) electrons. The van der Waals surface area contributed by atoms with Gasteiger partial charge in [0.05, 0.1) is 0 Å². The minimum absolute atomic E-state index is 0.667. The summed E-state index contributed by atoms with van der Waals surface area (Å²) in [5.41, 5.74) is 2.46. The molecule has 0 aliphatic heterocycles. The third-order valence-electron chi connectivity index (χ3n) is 3.17. The van der Waals surface area contributed by atoms with Gasteiger partial charge >= 0.3 is 8.80 Å². The van der Waals surface area contributed by atoms with E-state index in [-0.39, 0.29) is 0 Å². The van der Waals surface area contributed by atoms with Gasteiger partial charge in [0.25, 0.3) is 0 Å². The Balaban J connectivity index is 2.39. The van der Waals surface area contributed by atoms with Gasteiger partial charge in [0, 0.05) is 26.9 Å². The molecule has 0 fully saturated rings. The van der Waals surface area contributed by atoms with E-state index in [9.17, 15) is 0 Å². The van der Waals surface area contributed by atoms with Crippen molar-refractivity contribution < 1.29 is 13.3 Å². The van der Waals surface area contributed by atoms with E-state index in [0.29, 0.717) is 6.61 Å². The van der Waals surface area contributed by atoms with Crippen LogP contribution < -0.4 is 0 Å². The molecule has 4 heteroatoms. The fraction of sp³-hybridized carbons (Fsp3) is 0.467. The van der Waals surface area contributed by atoms with Gasteiger partial charge in [-0.15, -0.1) is 0 Å². The molecule has 0 aromatic heterocycles. The standard InChI is InChI=1S/C15H24O3Si/c1-5-14-9-7-10-15(13-14)11-8-12-18-19(6-2,16-3)17-4/h5,7,9-10,13H,1,6,8,11-12H2,2-4H3. The van der Waals surface area contributed by atoms with Crippen LogP contribution in [0.25, 0.3) is 6.08 Å². The Kier molecular flexibility index (Phi) is 7.01. The van der Waals surface area contributed by atoms with Crippen LogP contribution in [0.4, 0.5) is 0 Å². The number of hydrogen-bond donors (Lipinski definition) is 0. The van der Waals surface area contributed by atoms with E-state index >= 15 is 0 Å². The van der Waals surface area contributed by atoms with Crippen molar-refractivity contribution in [1.29, 1.82) is 0 Å². The molecule has 0 heterocycles. The van der Waals surface area contributed by atoms with Crippen molar-refractivity contribution in [2.24, 2.45) is 0 Å². The van der Waals surface area contributed by atoms with Gasteiger partial charge in [-0.25, -0.2) is 0 Å². The molecule has 0 saturated heterocycles. The maximum absolute atomic E-state index is 5.83. The van der Waals surface area contributed by atoms with E-state index < -0.39 is 8.80 Å². The van der Waals surface area contributed by atoms with Gasteiger partial charge in [-0.1, -0.05) is 43.8 Å². The van der Waals surface area contributed by atoms with E-state index in [0.717, 1.165) is 24.4 Å². The van der Waals surface area contributed by atoms with Crippen LogP contribution in [0.5, 0.6) is 0 Å². The maximum Gasteiger partial charge on any atom is 0.500 e. The van der Waals surface area contributed by atoms with Crippen molar-refractivity contribution in [3.63, 3.8) is 0 Å². The molecule has 1 aromatic rings. The molecule has 0 aliphatic carbocycles. The zero-order chi connectivity index (χ0) is 14.1. The van der Waals surface area contributed by atoms with Crippen LogP contribution in [-0.2, 0) is 19.7 Å². The first-order valence-corrected chi connectivity index (χ1v) is 8.58. The van der Waals surface area contributed by atoms with Crippen molar-refractivity contribution in [1.82, 2.24) is 0 Å². The van der Waals surface area contributed by atoms with E-state index in [1.807, 2.05) is 13.0 Å². The fourth-order valence-electron chi connectivity index (χ4n) is 1.97. The molecule has 0 N–H and O–H groups in total. The Morgan fingerprint density at radius 3 is 2.58 bits per heavy atom. The van der Waals surface area contributed by atoms with Crippen LogP contribution >= 0.6 is 0 Å².